The Bertz CT molecular complexity index is 3740. The summed E-state index contributed by atoms with van der Waals surface area (Å²) in [6.07, 6.45) is 6.55. The van der Waals surface area contributed by atoms with Crippen molar-refractivity contribution in [3.63, 3.8) is 0 Å². The van der Waals surface area contributed by atoms with E-state index in [9.17, 15) is 27.0 Å². The average Bonchev–Trinajstić information content (AvgIpc) is 3.45. The van der Waals surface area contributed by atoms with Crippen LogP contribution in [0.1, 0.15) is 76.7 Å². The van der Waals surface area contributed by atoms with Gasteiger partial charge in [0.2, 0.25) is 20.0 Å². The molecule has 0 amide bonds. The van der Waals surface area contributed by atoms with Crippen molar-refractivity contribution < 1.29 is 36.5 Å². The lowest BCUT2D eigenvalue weighted by molar-refractivity contribution is 0.255. The molecule has 0 bridgehead atoms. The molecule has 0 unspecified atom stereocenters. The van der Waals surface area contributed by atoms with E-state index in [1.54, 1.807) is 150 Å². The molecule has 19 nitrogen and oxygen atoms in total. The molecule has 0 radical (unpaired) electrons. The number of nitrogen functional groups attached to an aromatic ring is 1. The number of hydrogen-bond donors (Lipinski definition) is 8. The van der Waals surface area contributed by atoms with Gasteiger partial charge in [0.1, 0.15) is 42.2 Å². The quantitative estimate of drug-likeness (QED) is 0.0264. The van der Waals surface area contributed by atoms with E-state index in [2.05, 4.69) is 41.4 Å². The summed E-state index contributed by atoms with van der Waals surface area (Å²) in [4.78, 5) is 18.0. The predicted octanol–water partition coefficient (Wildman–Crippen LogP) is 8.15. The number of rotatable bonds is 20. The van der Waals surface area contributed by atoms with Gasteiger partial charge in [-0.2, -0.15) is 5.26 Å². The molecule has 10 N–H and O–H groups in total. The Morgan fingerprint density at radius 1 is 0.646 bits per heavy atom. The third-order valence-corrected chi connectivity index (χ3v) is 14.9. The van der Waals surface area contributed by atoms with Crippen LogP contribution in [0.3, 0.4) is 0 Å². The van der Waals surface area contributed by atoms with Gasteiger partial charge in [0.15, 0.2) is 0 Å². The molecule has 21 heteroatoms. The summed E-state index contributed by atoms with van der Waals surface area (Å²) in [6.45, 7) is 9.61. The fraction of sp³-hybridized carbons (Fsp3) is 0.207. The van der Waals surface area contributed by atoms with Gasteiger partial charge in [-0.1, -0.05) is 66.7 Å². The summed E-state index contributed by atoms with van der Waals surface area (Å²) in [5.74, 6) is 2.09. The zero-order valence-corrected chi connectivity index (χ0v) is 45.8. The smallest absolute Gasteiger partial charge is 0.241 e. The van der Waals surface area contributed by atoms with E-state index in [1.807, 2.05) is 25.1 Å². The van der Waals surface area contributed by atoms with Crippen LogP contribution in [0, 0.1) is 30.6 Å². The van der Waals surface area contributed by atoms with Crippen molar-refractivity contribution in [3.8, 4) is 39.8 Å². The van der Waals surface area contributed by atoms with E-state index in [-0.39, 0.29) is 42.1 Å². The van der Waals surface area contributed by atoms with Gasteiger partial charge < -0.3 is 36.1 Å². The van der Waals surface area contributed by atoms with Crippen molar-refractivity contribution in [2.45, 2.75) is 89.5 Å². The topological polar surface area (TPSA) is 315 Å². The molecule has 0 aliphatic rings. The monoisotopic (exact) mass is 1100 g/mol. The molecular formula is C58H61N11O8S2. The Hall–Kier alpha value is -8.62. The largest absolute Gasteiger partial charge is 0.487 e. The normalized spacial score (nSPS) is 11.4. The number of aromatic nitrogens is 4. The number of nitrogens with two attached hydrogens (primary N) is 2. The highest BCUT2D eigenvalue weighted by Crippen LogP contribution is 2.32. The molecular weight excluding hydrogens is 1040 g/mol. The number of primary sulfonamides is 1. The Morgan fingerprint density at radius 3 is 1.58 bits per heavy atom. The van der Waals surface area contributed by atoms with Gasteiger partial charge in [-0.3, -0.25) is 15.4 Å². The summed E-state index contributed by atoms with van der Waals surface area (Å²) < 4.78 is 64.7. The van der Waals surface area contributed by atoms with Crippen LogP contribution in [-0.4, -0.2) is 58.4 Å². The van der Waals surface area contributed by atoms with Gasteiger partial charge in [0.05, 0.1) is 46.0 Å². The molecule has 0 aliphatic heterocycles. The molecule has 4 heterocycles. The van der Waals surface area contributed by atoms with Crippen LogP contribution in [0.5, 0.6) is 11.5 Å². The molecule has 8 aromatic rings. The number of sulfonamides is 2. The lowest BCUT2D eigenvalue weighted by atomic mass is 10.1. The second-order valence-corrected chi connectivity index (χ2v) is 22.3. The Morgan fingerprint density at radius 2 is 1.13 bits per heavy atom. The van der Waals surface area contributed by atoms with Gasteiger partial charge in [-0.15, -0.1) is 0 Å². The van der Waals surface area contributed by atoms with E-state index in [0.717, 1.165) is 22.3 Å². The minimum Gasteiger partial charge on any atom is -0.487 e. The summed E-state index contributed by atoms with van der Waals surface area (Å²) >= 11 is 0. The van der Waals surface area contributed by atoms with Crippen molar-refractivity contribution in [1.82, 2.24) is 24.7 Å². The molecule has 8 rings (SSSR count). The zero-order valence-electron chi connectivity index (χ0n) is 44.2. The maximum atomic E-state index is 13.0. The number of benzene rings is 4. The van der Waals surface area contributed by atoms with E-state index >= 15 is 0 Å². The standard InChI is InChI=1S/C31H33N5O4S.C27H28N6O4S/c1-21-30(40-20-23-9-7-8-22(14-23)15-32)27(19-37)25(17-33-21)18-35-29-13-12-24(16-34-29)26-10-5-6-11-28(26)41(38,39)36-31(2,3)4;1-17-26(37-16-18-5-4-6-19(11-18)27(28)29)23(15-34)21(13-31-17)14-33-25-10-9-20(12-32-25)22-7-2-3-8-24(22)38(30,35)36/h5-14,16-17,36-37H,18-20H2,1-4H3,(H,34,35);2-13,34H,14-16H2,1H3,(H3,28,29)(H,32,33)(H2,30,35,36). The summed E-state index contributed by atoms with van der Waals surface area (Å²) in [5, 5.41) is 48.9. The van der Waals surface area contributed by atoms with E-state index in [0.29, 0.717) is 92.1 Å². The van der Waals surface area contributed by atoms with Gasteiger partial charge in [0.25, 0.3) is 0 Å². The van der Waals surface area contributed by atoms with Crippen molar-refractivity contribution in [3.05, 3.63) is 202 Å². The number of amidine groups is 1. The Balaban J connectivity index is 0.000000229. The number of anilines is 2. The number of hydrogen-bond acceptors (Lipinski definition) is 16. The average molecular weight is 1100 g/mol. The highest BCUT2D eigenvalue weighted by Gasteiger charge is 2.25. The van der Waals surface area contributed by atoms with Gasteiger partial charge in [0, 0.05) is 82.4 Å². The number of aliphatic hydroxyl groups is 2. The van der Waals surface area contributed by atoms with Crippen molar-refractivity contribution in [1.29, 1.82) is 10.7 Å². The first-order chi connectivity index (χ1) is 37.7. The van der Waals surface area contributed by atoms with Crippen LogP contribution in [0.15, 0.2) is 156 Å². The fourth-order valence-corrected chi connectivity index (χ4v) is 10.7. The molecule has 408 valence electrons. The summed E-state index contributed by atoms with van der Waals surface area (Å²) in [5.41, 5.74) is 14.0. The Labute approximate surface area is 460 Å². The first kappa shape index (κ1) is 58.1. The van der Waals surface area contributed by atoms with Crippen LogP contribution >= 0.6 is 0 Å². The number of aliphatic hydroxyl groups excluding tert-OH is 2. The number of nitrogens with one attached hydrogen (secondary N) is 4. The summed E-state index contributed by atoms with van der Waals surface area (Å²) in [6, 6.07) is 36.9. The van der Waals surface area contributed by atoms with Gasteiger partial charge >= 0.3 is 0 Å². The highest BCUT2D eigenvalue weighted by atomic mass is 32.2. The van der Waals surface area contributed by atoms with Crippen LogP contribution in [0.25, 0.3) is 22.3 Å². The molecule has 0 spiro atoms. The fourth-order valence-electron chi connectivity index (χ4n) is 8.29. The number of ether oxygens (including phenoxy) is 2. The van der Waals surface area contributed by atoms with Crippen LogP contribution < -0.4 is 35.7 Å². The lowest BCUT2D eigenvalue weighted by Gasteiger charge is -2.21. The summed E-state index contributed by atoms with van der Waals surface area (Å²) in [7, 11) is -7.63. The maximum Gasteiger partial charge on any atom is 0.241 e. The first-order valence-corrected chi connectivity index (χ1v) is 27.7. The van der Waals surface area contributed by atoms with Gasteiger partial charge in [-0.05, 0) is 111 Å². The first-order valence-electron chi connectivity index (χ1n) is 24.7. The zero-order chi connectivity index (χ0) is 56.9. The molecule has 0 aliphatic carbocycles. The number of aryl methyl sites for hydroxylation is 2. The van der Waals surface area contributed by atoms with Crippen LogP contribution in [-0.2, 0) is 59.6 Å². The molecule has 0 saturated heterocycles. The molecule has 79 heavy (non-hydrogen) atoms. The number of pyridine rings is 4. The third kappa shape index (κ3) is 15.3. The second kappa shape index (κ2) is 25.7. The molecule has 0 fully saturated rings. The molecule has 4 aromatic heterocycles. The third-order valence-electron chi connectivity index (χ3n) is 12.1. The van der Waals surface area contributed by atoms with E-state index in [1.165, 1.54) is 6.07 Å². The molecule has 4 aromatic carbocycles. The Kier molecular flexibility index (Phi) is 18.9. The SMILES string of the molecule is Cc1ncc(CNc2ccc(-c3ccccc3S(=O)(=O)NC(C)(C)C)cn2)c(CO)c1OCc1cccc(C#N)c1.Cc1ncc(CNc2ccc(-c3ccccc3S(N)(=O)=O)cn2)c(CO)c1OCc1cccc(C(=N)N)c1. The second-order valence-electron chi connectivity index (χ2n) is 19.1. The number of nitrogens with zero attached hydrogens (tertiary/aromatic N) is 5. The predicted molar refractivity (Wildman–Crippen MR) is 303 cm³/mol. The van der Waals surface area contributed by atoms with Crippen LogP contribution in [0.2, 0.25) is 0 Å². The maximum absolute atomic E-state index is 13.0. The van der Waals surface area contributed by atoms with E-state index in [4.69, 9.17) is 31.0 Å². The minimum absolute atomic E-state index is 0.0240. The highest BCUT2D eigenvalue weighted by molar-refractivity contribution is 7.89. The lowest BCUT2D eigenvalue weighted by Crippen LogP contribution is -2.40. The van der Waals surface area contributed by atoms with Gasteiger partial charge in [-0.25, -0.2) is 36.7 Å². The molecule has 0 atom stereocenters. The number of nitriles is 1. The van der Waals surface area contributed by atoms with Crippen molar-refractivity contribution in [2.24, 2.45) is 10.9 Å². The minimum atomic E-state index is -3.88. The van der Waals surface area contributed by atoms with Crippen molar-refractivity contribution >= 4 is 37.5 Å². The van der Waals surface area contributed by atoms with Crippen molar-refractivity contribution in [2.75, 3.05) is 10.6 Å². The van der Waals surface area contributed by atoms with Crippen LogP contribution in [0.4, 0.5) is 11.6 Å². The molecule has 0 saturated carbocycles. The van der Waals surface area contributed by atoms with E-state index < -0.39 is 25.6 Å².